The van der Waals surface area contributed by atoms with Gasteiger partial charge in [0.15, 0.2) is 0 Å². The third-order valence-electron chi connectivity index (χ3n) is 7.62. The smallest absolute Gasteiger partial charge is 0.136 e. The standard InChI is InChI=1S/C38H30O.C3H4.C2H3N.4C2H6/c1-5-25(6-2)27-13-15-29(16-14-27)31-21-22-34-36(23-31)39-37-24-35(32-11-9-10-12-33(32)38(34)37)30-19-17-28(18-20-30)26(7-3)8-4;1-3-2;1-2-3;4*1-2/h5-24H,1,3H2,2,4H3;1H,2H3;1H3;4*1-2H3/b25-6+,26-8+;;;;;;. The van der Waals surface area contributed by atoms with Gasteiger partial charge >= 0.3 is 0 Å². The molecular formula is C51H61NO. The van der Waals surface area contributed by atoms with Crippen LogP contribution in [0.3, 0.4) is 0 Å². The van der Waals surface area contributed by atoms with Crippen LogP contribution in [0.15, 0.2) is 139 Å². The summed E-state index contributed by atoms with van der Waals surface area (Å²) in [4.78, 5) is 0. The molecule has 0 fully saturated rings. The predicted octanol–water partition coefficient (Wildman–Crippen LogP) is 16.5. The Hall–Kier alpha value is -5.83. The Labute approximate surface area is 321 Å². The molecule has 2 nitrogen and oxygen atoms in total. The van der Waals surface area contributed by atoms with Crippen LogP contribution in [0, 0.1) is 23.7 Å². The molecule has 0 atom stereocenters. The van der Waals surface area contributed by atoms with E-state index >= 15 is 0 Å². The Balaban J connectivity index is 0.00000172. The van der Waals surface area contributed by atoms with Gasteiger partial charge in [0.05, 0.1) is 6.07 Å². The second-order valence-corrected chi connectivity index (χ2v) is 10.2. The normalized spacial score (nSPS) is 9.85. The highest BCUT2D eigenvalue weighted by atomic mass is 16.3. The minimum atomic E-state index is 0.896. The lowest BCUT2D eigenvalue weighted by Crippen LogP contribution is -1.85. The lowest BCUT2D eigenvalue weighted by Gasteiger charge is -2.10. The van der Waals surface area contributed by atoms with E-state index in [9.17, 15) is 0 Å². The molecule has 1 heterocycles. The predicted molar refractivity (Wildman–Crippen MR) is 241 cm³/mol. The van der Waals surface area contributed by atoms with Gasteiger partial charge in [0.2, 0.25) is 0 Å². The van der Waals surface area contributed by atoms with Gasteiger partial charge in [-0.1, -0.05) is 172 Å². The van der Waals surface area contributed by atoms with Gasteiger partial charge < -0.3 is 4.42 Å². The molecule has 0 aliphatic carbocycles. The second kappa shape index (κ2) is 26.9. The van der Waals surface area contributed by atoms with E-state index in [-0.39, 0.29) is 0 Å². The fourth-order valence-electron chi connectivity index (χ4n) is 5.56. The van der Waals surface area contributed by atoms with Gasteiger partial charge in [-0.2, -0.15) is 5.26 Å². The Bertz CT molecular complexity index is 2110. The SMILES string of the molecule is C#CC.C=C/C(=C\C)c1ccc(-c2ccc3c(c2)oc2cc(-c4ccc(/C(C=C)=C/C)cc4)c4ccccc4c23)cc1.CC.CC.CC.CC.CC#N. The number of furan rings is 1. The number of allylic oxidation sites excluding steroid dienone is 6. The summed E-state index contributed by atoms with van der Waals surface area (Å²) in [5.41, 5.74) is 11.0. The molecule has 0 N–H and O–H groups in total. The van der Waals surface area contributed by atoms with Crippen LogP contribution in [0.5, 0.6) is 0 Å². The van der Waals surface area contributed by atoms with Gasteiger partial charge in [0.25, 0.3) is 0 Å². The first-order valence-electron chi connectivity index (χ1n) is 18.8. The zero-order valence-corrected chi connectivity index (χ0v) is 34.4. The average Bonchev–Trinajstić information content (AvgIpc) is 3.61. The highest BCUT2D eigenvalue weighted by Crippen LogP contribution is 2.41. The van der Waals surface area contributed by atoms with Crippen LogP contribution in [0.25, 0.3) is 66.1 Å². The molecule has 0 aliphatic rings. The van der Waals surface area contributed by atoms with Crippen molar-refractivity contribution in [1.29, 1.82) is 5.26 Å². The lowest BCUT2D eigenvalue weighted by atomic mass is 9.93. The maximum Gasteiger partial charge on any atom is 0.136 e. The molecule has 276 valence electrons. The van der Waals surface area contributed by atoms with Gasteiger partial charge in [-0.3, -0.25) is 0 Å². The summed E-state index contributed by atoms with van der Waals surface area (Å²) in [5.74, 6) is 2.25. The number of fused-ring (bicyclic) bond motifs is 5. The molecule has 0 spiro atoms. The fraction of sp³-hybridized carbons (Fsp3) is 0.235. The first kappa shape index (κ1) is 47.2. The zero-order valence-electron chi connectivity index (χ0n) is 34.4. The Morgan fingerprint density at radius 1 is 0.585 bits per heavy atom. The van der Waals surface area contributed by atoms with E-state index in [4.69, 9.17) is 9.68 Å². The second-order valence-electron chi connectivity index (χ2n) is 10.2. The number of hydrogen-bond donors (Lipinski definition) is 0. The first-order chi connectivity index (χ1) is 26.0. The van der Waals surface area contributed by atoms with Crippen LogP contribution in [0.4, 0.5) is 0 Å². The maximum atomic E-state index is 7.32. The molecule has 0 amide bonds. The quantitative estimate of drug-likeness (QED) is 0.128. The van der Waals surface area contributed by atoms with E-state index in [2.05, 4.69) is 135 Å². The number of nitriles is 1. The average molecular weight is 704 g/mol. The highest BCUT2D eigenvalue weighted by Gasteiger charge is 2.15. The molecule has 0 bridgehead atoms. The van der Waals surface area contributed by atoms with E-state index in [1.165, 1.54) is 28.8 Å². The zero-order chi connectivity index (χ0) is 40.3. The third kappa shape index (κ3) is 12.1. The van der Waals surface area contributed by atoms with Crippen molar-refractivity contribution in [2.75, 3.05) is 0 Å². The van der Waals surface area contributed by atoms with E-state index < -0.39 is 0 Å². The van der Waals surface area contributed by atoms with E-state index in [1.54, 1.807) is 13.0 Å². The van der Waals surface area contributed by atoms with E-state index in [0.717, 1.165) is 55.3 Å². The summed E-state index contributed by atoms with van der Waals surface area (Å²) in [6, 6.07) is 36.4. The van der Waals surface area contributed by atoms with Crippen molar-refractivity contribution in [1.82, 2.24) is 0 Å². The Morgan fingerprint density at radius 2 is 1.00 bits per heavy atom. The van der Waals surface area contributed by atoms with Crippen molar-refractivity contribution in [2.24, 2.45) is 0 Å². The van der Waals surface area contributed by atoms with Crippen molar-refractivity contribution in [3.05, 3.63) is 146 Å². The summed E-state index contributed by atoms with van der Waals surface area (Å²) >= 11 is 0. The largest absolute Gasteiger partial charge is 0.456 e. The maximum absolute atomic E-state index is 7.32. The summed E-state index contributed by atoms with van der Waals surface area (Å²) in [6.07, 6.45) is 12.6. The van der Waals surface area contributed by atoms with Gasteiger partial charge in [-0.25, -0.2) is 0 Å². The summed E-state index contributed by atoms with van der Waals surface area (Å²) < 4.78 is 6.53. The molecule has 5 aromatic carbocycles. The number of benzene rings is 5. The third-order valence-corrected chi connectivity index (χ3v) is 7.62. The van der Waals surface area contributed by atoms with Crippen molar-refractivity contribution in [3.63, 3.8) is 0 Å². The van der Waals surface area contributed by atoms with Crippen LogP contribution >= 0.6 is 0 Å². The van der Waals surface area contributed by atoms with Crippen molar-refractivity contribution < 1.29 is 4.42 Å². The van der Waals surface area contributed by atoms with E-state index in [1.807, 2.05) is 81.4 Å². The minimum Gasteiger partial charge on any atom is -0.456 e. The van der Waals surface area contributed by atoms with Gasteiger partial charge in [0.1, 0.15) is 11.2 Å². The molecular weight excluding hydrogens is 643 g/mol. The number of nitrogens with zero attached hydrogens (tertiary/aromatic N) is 1. The summed E-state index contributed by atoms with van der Waals surface area (Å²) in [5, 5.41) is 12.0. The lowest BCUT2D eigenvalue weighted by molar-refractivity contribution is 0.669. The van der Waals surface area contributed by atoms with Gasteiger partial charge in [-0.05, 0) is 94.3 Å². The van der Waals surface area contributed by atoms with Crippen molar-refractivity contribution in [2.45, 2.75) is 83.1 Å². The molecule has 0 unspecified atom stereocenters. The number of terminal acetylenes is 1. The van der Waals surface area contributed by atoms with E-state index in [0.29, 0.717) is 0 Å². The van der Waals surface area contributed by atoms with Gasteiger partial charge in [-0.15, -0.1) is 12.3 Å². The first-order valence-corrected chi connectivity index (χ1v) is 18.8. The summed E-state index contributed by atoms with van der Waals surface area (Å²) in [7, 11) is 0. The van der Waals surface area contributed by atoms with Crippen LogP contribution in [-0.2, 0) is 0 Å². The van der Waals surface area contributed by atoms with Crippen LogP contribution in [-0.4, -0.2) is 0 Å². The molecule has 6 rings (SSSR count). The number of hydrogen-bond acceptors (Lipinski definition) is 2. The fourth-order valence-corrected chi connectivity index (χ4v) is 5.56. The Morgan fingerprint density at radius 3 is 1.43 bits per heavy atom. The topological polar surface area (TPSA) is 36.9 Å². The molecule has 6 aromatic rings. The summed E-state index contributed by atoms with van der Waals surface area (Å²) in [6.45, 7) is 31.0. The molecule has 53 heavy (non-hydrogen) atoms. The van der Waals surface area contributed by atoms with Crippen LogP contribution < -0.4 is 0 Å². The van der Waals surface area contributed by atoms with Crippen LogP contribution in [0.2, 0.25) is 0 Å². The minimum absolute atomic E-state index is 0.896. The monoisotopic (exact) mass is 703 g/mol. The molecule has 0 aliphatic heterocycles. The molecule has 1 aromatic heterocycles. The van der Waals surface area contributed by atoms with Gasteiger partial charge in [0, 0.05) is 17.7 Å². The molecule has 0 saturated carbocycles. The van der Waals surface area contributed by atoms with Crippen LogP contribution in [0.1, 0.15) is 94.2 Å². The molecule has 2 heteroatoms. The molecule has 0 radical (unpaired) electrons. The Kier molecular flexibility index (Phi) is 23.9. The highest BCUT2D eigenvalue weighted by molar-refractivity contribution is 6.22. The van der Waals surface area contributed by atoms with Crippen molar-refractivity contribution in [3.8, 4) is 40.7 Å². The number of rotatable bonds is 6. The van der Waals surface area contributed by atoms with Crippen molar-refractivity contribution >= 4 is 43.9 Å². The molecule has 0 saturated heterocycles.